The molecule has 0 radical (unpaired) electrons. The molecule has 0 saturated carbocycles. The summed E-state index contributed by atoms with van der Waals surface area (Å²) in [6.45, 7) is 1.57. The van der Waals surface area contributed by atoms with Gasteiger partial charge in [-0.15, -0.1) is 0 Å². The summed E-state index contributed by atoms with van der Waals surface area (Å²) in [5.41, 5.74) is -3.06. The maximum atomic E-state index is 13.1. The Bertz CT molecular complexity index is 2440. The van der Waals surface area contributed by atoms with Gasteiger partial charge in [-0.1, -0.05) is 24.3 Å². The van der Waals surface area contributed by atoms with Crippen molar-refractivity contribution in [2.45, 2.75) is 19.3 Å². The SMILES string of the molecule is CCOC(=O)c1c(-c2cccc(C(F)(F)F)c2)[nH]c2c(Br)cncc2c1=O.O=C(O)c1cncc2c(=O)cc(-c3cccc(C(F)(F)F)c3)[nH]c12. The van der Waals surface area contributed by atoms with Crippen molar-refractivity contribution in [1.82, 2.24) is 19.9 Å². The highest BCUT2D eigenvalue weighted by atomic mass is 79.9. The summed E-state index contributed by atoms with van der Waals surface area (Å²) < 4.78 is 83.1. The number of rotatable bonds is 5. The van der Waals surface area contributed by atoms with Crippen molar-refractivity contribution in [3.05, 3.63) is 127 Å². The van der Waals surface area contributed by atoms with Gasteiger partial charge in [0.25, 0.3) is 0 Å². The number of nitrogens with zero attached hydrogens (tertiary/aromatic N) is 2. The highest BCUT2D eigenvalue weighted by Gasteiger charge is 2.32. The number of carbonyl (C=O) groups is 2. The zero-order valence-electron chi connectivity index (χ0n) is 25.7. The fourth-order valence-electron chi connectivity index (χ4n) is 4.98. The Morgan fingerprint density at radius 3 is 2.00 bits per heavy atom. The number of hydrogen-bond donors (Lipinski definition) is 3. The van der Waals surface area contributed by atoms with Crippen LogP contribution in [0.4, 0.5) is 26.3 Å². The van der Waals surface area contributed by atoms with Crippen LogP contribution in [-0.4, -0.2) is 43.6 Å². The third kappa shape index (κ3) is 7.67. The Balaban J connectivity index is 0.000000199. The van der Waals surface area contributed by atoms with Crippen molar-refractivity contribution in [1.29, 1.82) is 0 Å². The van der Waals surface area contributed by atoms with Gasteiger partial charge in [-0.05, 0) is 58.2 Å². The zero-order valence-corrected chi connectivity index (χ0v) is 27.3. The molecule has 0 aliphatic heterocycles. The Kier molecular flexibility index (Phi) is 10.1. The minimum atomic E-state index is -4.57. The molecule has 4 aromatic heterocycles. The number of aromatic amines is 2. The van der Waals surface area contributed by atoms with Gasteiger partial charge in [-0.3, -0.25) is 19.6 Å². The van der Waals surface area contributed by atoms with Crippen molar-refractivity contribution >= 4 is 49.7 Å². The molecular weight excluding hydrogens is 754 g/mol. The molecule has 0 spiro atoms. The van der Waals surface area contributed by atoms with Gasteiger partial charge >= 0.3 is 24.3 Å². The summed E-state index contributed by atoms with van der Waals surface area (Å²) in [4.78, 5) is 61.8. The predicted molar refractivity (Wildman–Crippen MR) is 176 cm³/mol. The summed E-state index contributed by atoms with van der Waals surface area (Å²) >= 11 is 3.25. The van der Waals surface area contributed by atoms with Gasteiger partial charge < -0.3 is 19.8 Å². The second-order valence-corrected chi connectivity index (χ2v) is 11.4. The van der Waals surface area contributed by atoms with Crippen molar-refractivity contribution in [3.8, 4) is 22.5 Å². The van der Waals surface area contributed by atoms with E-state index in [9.17, 15) is 50.6 Å². The molecular formula is C34H21BrF6N4O6. The fourth-order valence-corrected chi connectivity index (χ4v) is 5.41. The lowest BCUT2D eigenvalue weighted by Crippen LogP contribution is -2.21. The first kappa shape index (κ1) is 36.4. The van der Waals surface area contributed by atoms with Gasteiger partial charge in [-0.25, -0.2) is 9.59 Å². The number of carbonyl (C=O) groups excluding carboxylic acids is 1. The Hall–Kier alpha value is -5.84. The van der Waals surface area contributed by atoms with Crippen LogP contribution < -0.4 is 10.9 Å². The third-order valence-corrected chi connectivity index (χ3v) is 7.91. The van der Waals surface area contributed by atoms with Crippen LogP contribution in [0.5, 0.6) is 0 Å². The largest absolute Gasteiger partial charge is 0.478 e. The molecule has 0 saturated heterocycles. The minimum absolute atomic E-state index is 0.00900. The number of alkyl halides is 6. The molecule has 51 heavy (non-hydrogen) atoms. The number of fused-ring (bicyclic) bond motifs is 2. The van der Waals surface area contributed by atoms with Crippen molar-refractivity contribution < 1.29 is 45.8 Å². The summed E-state index contributed by atoms with van der Waals surface area (Å²) in [6, 6.07) is 9.89. The van der Waals surface area contributed by atoms with E-state index in [2.05, 4.69) is 35.9 Å². The molecule has 4 heterocycles. The number of aromatic nitrogens is 4. The second-order valence-electron chi connectivity index (χ2n) is 10.6. The van der Waals surface area contributed by atoms with Gasteiger partial charge in [0.2, 0.25) is 5.43 Å². The maximum Gasteiger partial charge on any atom is 0.416 e. The Labute approximate surface area is 289 Å². The van der Waals surface area contributed by atoms with Crippen molar-refractivity contribution in [2.24, 2.45) is 0 Å². The van der Waals surface area contributed by atoms with Gasteiger partial charge in [0.15, 0.2) is 5.43 Å². The summed E-state index contributed by atoms with van der Waals surface area (Å²) in [6.07, 6.45) is -4.12. The summed E-state index contributed by atoms with van der Waals surface area (Å²) in [7, 11) is 0. The highest BCUT2D eigenvalue weighted by Crippen LogP contribution is 2.34. The van der Waals surface area contributed by atoms with E-state index in [1.165, 1.54) is 42.9 Å². The number of nitrogens with one attached hydrogen (secondary N) is 2. The Morgan fingerprint density at radius 1 is 0.804 bits per heavy atom. The lowest BCUT2D eigenvalue weighted by Gasteiger charge is -2.13. The van der Waals surface area contributed by atoms with E-state index >= 15 is 0 Å². The number of ether oxygens (including phenoxy) is 1. The number of pyridine rings is 4. The molecule has 0 fully saturated rings. The highest BCUT2D eigenvalue weighted by molar-refractivity contribution is 9.10. The van der Waals surface area contributed by atoms with Crippen molar-refractivity contribution in [2.75, 3.05) is 6.61 Å². The number of hydrogen-bond acceptors (Lipinski definition) is 7. The lowest BCUT2D eigenvalue weighted by molar-refractivity contribution is -0.138. The van der Waals surface area contributed by atoms with Gasteiger partial charge in [0.05, 0.1) is 49.7 Å². The first-order valence-electron chi connectivity index (χ1n) is 14.5. The molecule has 262 valence electrons. The number of carboxylic acid groups (broad SMARTS) is 1. The number of halogens is 7. The molecule has 0 bridgehead atoms. The van der Waals surface area contributed by atoms with Gasteiger partial charge in [-0.2, -0.15) is 26.3 Å². The summed E-state index contributed by atoms with van der Waals surface area (Å²) in [5, 5.41) is 9.34. The number of carboxylic acids is 1. The molecule has 0 atom stereocenters. The number of esters is 1. The molecule has 3 N–H and O–H groups in total. The molecule has 17 heteroatoms. The minimum Gasteiger partial charge on any atom is -0.478 e. The van der Waals surface area contributed by atoms with Gasteiger partial charge in [0.1, 0.15) is 11.1 Å². The molecule has 0 aliphatic carbocycles. The van der Waals surface area contributed by atoms with E-state index in [1.54, 1.807) is 6.92 Å². The molecule has 0 aliphatic rings. The van der Waals surface area contributed by atoms with Crippen molar-refractivity contribution in [3.63, 3.8) is 0 Å². The van der Waals surface area contributed by atoms with E-state index in [0.29, 0.717) is 9.99 Å². The average Bonchev–Trinajstić information content (AvgIpc) is 3.08. The zero-order chi connectivity index (χ0) is 37.2. The van der Waals surface area contributed by atoms with Crippen LogP contribution in [0.15, 0.2) is 93.4 Å². The van der Waals surface area contributed by atoms with E-state index in [-0.39, 0.29) is 56.5 Å². The molecule has 2 aromatic carbocycles. The van der Waals surface area contributed by atoms with Crippen LogP contribution >= 0.6 is 15.9 Å². The van der Waals surface area contributed by atoms with Crippen LogP contribution in [0.25, 0.3) is 44.3 Å². The van der Waals surface area contributed by atoms with E-state index in [0.717, 1.165) is 36.5 Å². The fraction of sp³-hybridized carbons (Fsp3) is 0.118. The van der Waals surface area contributed by atoms with E-state index in [4.69, 9.17) is 4.74 Å². The van der Waals surface area contributed by atoms with Crippen LogP contribution in [-0.2, 0) is 17.1 Å². The van der Waals surface area contributed by atoms with Gasteiger partial charge in [0, 0.05) is 36.5 Å². The normalized spacial score (nSPS) is 11.6. The van der Waals surface area contributed by atoms with E-state index in [1.807, 2.05) is 0 Å². The smallest absolute Gasteiger partial charge is 0.416 e. The monoisotopic (exact) mass is 774 g/mol. The lowest BCUT2D eigenvalue weighted by atomic mass is 10.0. The van der Waals surface area contributed by atoms with Crippen LogP contribution in [0, 0.1) is 0 Å². The number of H-pyrrole nitrogens is 2. The molecule has 6 aromatic rings. The topological polar surface area (TPSA) is 155 Å². The third-order valence-electron chi connectivity index (χ3n) is 7.31. The first-order valence-corrected chi connectivity index (χ1v) is 15.3. The molecule has 10 nitrogen and oxygen atoms in total. The van der Waals surface area contributed by atoms with E-state index < -0.39 is 46.3 Å². The van der Waals surface area contributed by atoms with Crippen LogP contribution in [0.1, 0.15) is 38.8 Å². The van der Waals surface area contributed by atoms with Crippen LogP contribution in [0.3, 0.4) is 0 Å². The quantitative estimate of drug-likeness (QED) is 0.118. The second kappa shape index (κ2) is 14.2. The maximum absolute atomic E-state index is 13.1. The summed E-state index contributed by atoms with van der Waals surface area (Å²) in [5.74, 6) is -2.22. The Morgan fingerprint density at radius 2 is 1.39 bits per heavy atom. The average molecular weight is 775 g/mol. The number of aromatic carboxylic acids is 1. The standard InChI is InChI=1S/C18H12BrF3N2O3.C16H9F3N2O3/c1-2-27-17(26)13-14(9-4-3-5-10(6-9)18(20,21)22)24-15-11(16(13)25)7-23-8-12(15)19;17-16(18,19)9-3-1-2-8(4-9)12-5-13(22)10-6-20-7-11(15(23)24)14(10)21-12/h3-8H,2H2,1H3,(H,24,25);1-7H,(H,21,22)(H,23,24). The molecule has 0 unspecified atom stereocenters. The molecule has 6 rings (SSSR count). The molecule has 0 amide bonds. The predicted octanol–water partition coefficient (Wildman–Crippen LogP) is 7.86. The van der Waals surface area contributed by atoms with Crippen LogP contribution in [0.2, 0.25) is 0 Å². The number of benzene rings is 2. The first-order chi connectivity index (χ1) is 24.0.